The highest BCUT2D eigenvalue weighted by Gasteiger charge is 2.29. The number of aromatic nitrogens is 3. The first-order chi connectivity index (χ1) is 14.9. The summed E-state index contributed by atoms with van der Waals surface area (Å²) in [4.78, 5) is 47.2. The van der Waals surface area contributed by atoms with Crippen molar-refractivity contribution in [2.45, 2.75) is 45.7 Å². The summed E-state index contributed by atoms with van der Waals surface area (Å²) in [7, 11) is 0. The van der Waals surface area contributed by atoms with Crippen LogP contribution >= 0.6 is 0 Å². The average molecular weight is 422 g/mol. The van der Waals surface area contributed by atoms with Gasteiger partial charge in [0.15, 0.2) is 5.65 Å². The van der Waals surface area contributed by atoms with Gasteiger partial charge in [0.1, 0.15) is 0 Å². The van der Waals surface area contributed by atoms with Crippen molar-refractivity contribution >= 4 is 22.6 Å². The lowest BCUT2D eigenvalue weighted by atomic mass is 10.0. The summed E-state index contributed by atoms with van der Waals surface area (Å²) in [6.07, 6.45) is 0.816. The van der Waals surface area contributed by atoms with E-state index < -0.39 is 11.2 Å². The molecule has 4 rings (SSSR count). The van der Waals surface area contributed by atoms with Gasteiger partial charge in [0.2, 0.25) is 0 Å². The quantitative estimate of drug-likeness (QED) is 0.660. The normalized spacial score (nSPS) is 16.3. The fraction of sp³-hybridized carbons (Fsp3) is 0.391. The molecule has 1 saturated heterocycles. The fourth-order valence-corrected chi connectivity index (χ4v) is 4.05. The van der Waals surface area contributed by atoms with E-state index in [2.05, 4.69) is 15.3 Å². The van der Waals surface area contributed by atoms with E-state index in [1.807, 2.05) is 51.1 Å². The van der Waals surface area contributed by atoms with E-state index in [0.29, 0.717) is 30.9 Å². The predicted octanol–water partition coefficient (Wildman–Crippen LogP) is 2.55. The maximum absolute atomic E-state index is 13.5. The van der Waals surface area contributed by atoms with Gasteiger partial charge in [-0.1, -0.05) is 32.0 Å². The second-order valence-corrected chi connectivity index (χ2v) is 8.20. The number of hydrogen-bond donors (Lipinski definition) is 2. The second-order valence-electron chi connectivity index (χ2n) is 8.20. The molecule has 3 aromatic rings. The Labute approximate surface area is 179 Å². The molecule has 1 fully saturated rings. The lowest BCUT2D eigenvalue weighted by Crippen LogP contribution is -2.35. The number of nitrogens with one attached hydrogen (secondary N) is 2. The third-order valence-electron chi connectivity index (χ3n) is 5.73. The molecule has 3 heterocycles. The number of anilines is 1. The van der Waals surface area contributed by atoms with Crippen molar-refractivity contribution in [1.82, 2.24) is 19.4 Å². The van der Waals surface area contributed by atoms with Crippen molar-refractivity contribution in [2.24, 2.45) is 0 Å². The minimum absolute atomic E-state index is 0.0433. The van der Waals surface area contributed by atoms with E-state index in [9.17, 15) is 14.4 Å². The Bertz CT molecular complexity index is 1230. The zero-order chi connectivity index (χ0) is 22.1. The minimum Gasteiger partial charge on any atom is -0.380 e. The SMILES string of the molecule is CCn1c(=O)[nH]c(=O)c2c(C(=O)N3CCC(Nc4ccccc4)C3)cc(C(C)C)nc21. The van der Waals surface area contributed by atoms with Crippen LogP contribution in [0.4, 0.5) is 5.69 Å². The number of H-pyrrole nitrogens is 1. The molecule has 1 aliphatic heterocycles. The van der Waals surface area contributed by atoms with Gasteiger partial charge in [-0.2, -0.15) is 0 Å². The number of carbonyl (C=O) groups is 1. The molecule has 0 saturated carbocycles. The molecule has 1 amide bonds. The highest BCUT2D eigenvalue weighted by molar-refractivity contribution is 6.05. The first-order valence-electron chi connectivity index (χ1n) is 10.7. The highest BCUT2D eigenvalue weighted by Crippen LogP contribution is 2.23. The van der Waals surface area contributed by atoms with Crippen molar-refractivity contribution in [3.05, 3.63) is 68.5 Å². The minimum atomic E-state index is -0.575. The summed E-state index contributed by atoms with van der Waals surface area (Å²) >= 11 is 0. The Kier molecular flexibility index (Phi) is 5.63. The third kappa shape index (κ3) is 3.97. The Morgan fingerprint density at radius 3 is 2.68 bits per heavy atom. The van der Waals surface area contributed by atoms with Gasteiger partial charge in [-0.25, -0.2) is 9.78 Å². The molecule has 1 aliphatic rings. The van der Waals surface area contributed by atoms with E-state index in [4.69, 9.17) is 0 Å². The number of carbonyl (C=O) groups excluding carboxylic acids is 1. The van der Waals surface area contributed by atoms with Gasteiger partial charge in [0.05, 0.1) is 10.9 Å². The number of para-hydroxylation sites is 1. The van der Waals surface area contributed by atoms with Gasteiger partial charge in [0.25, 0.3) is 11.5 Å². The van der Waals surface area contributed by atoms with Crippen LogP contribution in [0.3, 0.4) is 0 Å². The largest absolute Gasteiger partial charge is 0.380 e. The van der Waals surface area contributed by atoms with Crippen LogP contribution in [0, 0.1) is 0 Å². The maximum atomic E-state index is 13.5. The number of pyridine rings is 1. The zero-order valence-corrected chi connectivity index (χ0v) is 18.0. The van der Waals surface area contributed by atoms with Crippen molar-refractivity contribution in [1.29, 1.82) is 0 Å². The average Bonchev–Trinajstić information content (AvgIpc) is 3.21. The lowest BCUT2D eigenvalue weighted by Gasteiger charge is -2.20. The molecule has 8 nitrogen and oxygen atoms in total. The van der Waals surface area contributed by atoms with Crippen LogP contribution in [0.25, 0.3) is 11.0 Å². The highest BCUT2D eigenvalue weighted by atomic mass is 16.2. The van der Waals surface area contributed by atoms with Crippen molar-refractivity contribution in [3.63, 3.8) is 0 Å². The smallest absolute Gasteiger partial charge is 0.329 e. The van der Waals surface area contributed by atoms with Crippen molar-refractivity contribution < 1.29 is 4.79 Å². The molecule has 0 aliphatic carbocycles. The molecule has 2 aromatic heterocycles. The topological polar surface area (TPSA) is 100 Å². The molecule has 0 bridgehead atoms. The summed E-state index contributed by atoms with van der Waals surface area (Å²) < 4.78 is 1.41. The van der Waals surface area contributed by atoms with Crippen LogP contribution < -0.4 is 16.6 Å². The van der Waals surface area contributed by atoms with Crippen LogP contribution in [0.1, 0.15) is 49.2 Å². The molecule has 1 atom stereocenters. The molecule has 162 valence electrons. The Morgan fingerprint density at radius 2 is 2.00 bits per heavy atom. The van der Waals surface area contributed by atoms with E-state index >= 15 is 0 Å². The van der Waals surface area contributed by atoms with E-state index in [-0.39, 0.29) is 28.9 Å². The molecular weight excluding hydrogens is 394 g/mol. The first-order valence-corrected chi connectivity index (χ1v) is 10.7. The molecule has 2 N–H and O–H groups in total. The number of rotatable bonds is 5. The van der Waals surface area contributed by atoms with Gasteiger partial charge in [0, 0.05) is 37.1 Å². The molecule has 8 heteroatoms. The standard InChI is InChI=1S/C23H27N5O3/c1-4-28-20-19(21(29)26-23(28)31)17(12-18(25-20)14(2)3)22(30)27-11-10-16(13-27)24-15-8-6-5-7-9-15/h5-9,12,14,16,24H,4,10-11,13H2,1-3H3,(H,26,29,31). The van der Waals surface area contributed by atoms with Crippen LogP contribution in [-0.4, -0.2) is 44.5 Å². The lowest BCUT2D eigenvalue weighted by molar-refractivity contribution is 0.0793. The van der Waals surface area contributed by atoms with E-state index in [1.54, 1.807) is 11.0 Å². The predicted molar refractivity (Wildman–Crippen MR) is 121 cm³/mol. The first kappa shape index (κ1) is 20.8. The Morgan fingerprint density at radius 1 is 1.26 bits per heavy atom. The van der Waals surface area contributed by atoms with Crippen LogP contribution in [-0.2, 0) is 6.54 Å². The number of likely N-dealkylation sites (tertiary alicyclic amines) is 1. The van der Waals surface area contributed by atoms with Gasteiger partial charge in [-0.15, -0.1) is 0 Å². The number of fused-ring (bicyclic) bond motifs is 1. The summed E-state index contributed by atoms with van der Waals surface area (Å²) in [5.41, 5.74) is 1.18. The van der Waals surface area contributed by atoms with Gasteiger partial charge in [-0.05, 0) is 37.5 Å². The number of benzene rings is 1. The zero-order valence-electron chi connectivity index (χ0n) is 18.0. The number of amides is 1. The molecule has 0 spiro atoms. The number of nitrogens with zero attached hydrogens (tertiary/aromatic N) is 3. The summed E-state index contributed by atoms with van der Waals surface area (Å²) in [6.45, 7) is 7.24. The molecule has 31 heavy (non-hydrogen) atoms. The second kappa shape index (κ2) is 8.37. The van der Waals surface area contributed by atoms with Crippen molar-refractivity contribution in [2.75, 3.05) is 18.4 Å². The van der Waals surface area contributed by atoms with Gasteiger partial charge >= 0.3 is 5.69 Å². The third-order valence-corrected chi connectivity index (χ3v) is 5.73. The number of aryl methyl sites for hydroxylation is 1. The Balaban J connectivity index is 1.72. The monoisotopic (exact) mass is 421 g/mol. The van der Waals surface area contributed by atoms with Gasteiger partial charge in [-0.3, -0.25) is 19.1 Å². The fourth-order valence-electron chi connectivity index (χ4n) is 4.05. The Hall–Kier alpha value is -3.42. The number of aromatic amines is 1. The van der Waals surface area contributed by atoms with E-state index in [1.165, 1.54) is 4.57 Å². The summed E-state index contributed by atoms with van der Waals surface area (Å²) in [6, 6.07) is 11.7. The molecule has 1 unspecified atom stereocenters. The summed E-state index contributed by atoms with van der Waals surface area (Å²) in [5, 5.41) is 3.64. The molecule has 1 aromatic carbocycles. The van der Waals surface area contributed by atoms with Crippen LogP contribution in [0.2, 0.25) is 0 Å². The molecule has 0 radical (unpaired) electrons. The summed E-state index contributed by atoms with van der Waals surface area (Å²) in [5.74, 6) is -0.166. The maximum Gasteiger partial charge on any atom is 0.329 e. The van der Waals surface area contributed by atoms with Crippen molar-refractivity contribution in [3.8, 4) is 0 Å². The van der Waals surface area contributed by atoms with E-state index in [0.717, 1.165) is 12.1 Å². The van der Waals surface area contributed by atoms with Crippen LogP contribution in [0.5, 0.6) is 0 Å². The molecular formula is C23H27N5O3. The number of hydrogen-bond acceptors (Lipinski definition) is 5. The van der Waals surface area contributed by atoms with Gasteiger partial charge < -0.3 is 10.2 Å². The van der Waals surface area contributed by atoms with Crippen LogP contribution in [0.15, 0.2) is 46.0 Å².